The third-order valence-electron chi connectivity index (χ3n) is 3.68. The minimum atomic E-state index is -0.434. The summed E-state index contributed by atoms with van der Waals surface area (Å²) in [6.07, 6.45) is 1.58. The third-order valence-corrected chi connectivity index (χ3v) is 3.91. The Morgan fingerprint density at radius 1 is 1.08 bits per heavy atom. The Bertz CT molecular complexity index is 828. The molecule has 122 valence electrons. The lowest BCUT2D eigenvalue weighted by atomic mass is 10.1. The molecule has 1 heterocycles. The van der Waals surface area contributed by atoms with Crippen molar-refractivity contribution in [3.05, 3.63) is 64.7 Å². The van der Waals surface area contributed by atoms with E-state index in [0.29, 0.717) is 10.7 Å². The largest absolute Gasteiger partial charge is 0.378 e. The molecule has 1 fully saturated rings. The van der Waals surface area contributed by atoms with E-state index in [2.05, 4.69) is 5.43 Å². The van der Waals surface area contributed by atoms with Crippen LogP contribution in [0.1, 0.15) is 5.56 Å². The van der Waals surface area contributed by atoms with E-state index in [0.717, 1.165) is 11.3 Å². The topological polar surface area (TPSA) is 52.7 Å². The average molecular weight is 342 g/mol. The highest BCUT2D eigenvalue weighted by Crippen LogP contribution is 2.24. The molecule has 6 heteroatoms. The summed E-state index contributed by atoms with van der Waals surface area (Å²) >= 11 is 5.94. The number of nitrogens with one attached hydrogen (secondary N) is 1. The summed E-state index contributed by atoms with van der Waals surface area (Å²) in [6.45, 7) is 0. The van der Waals surface area contributed by atoms with Crippen LogP contribution in [0.2, 0.25) is 5.02 Å². The normalized spacial score (nSPS) is 15.8. The number of hydrogen-bond acceptors (Lipinski definition) is 3. The van der Waals surface area contributed by atoms with Crippen molar-refractivity contribution >= 4 is 40.9 Å². The van der Waals surface area contributed by atoms with Gasteiger partial charge < -0.3 is 4.90 Å². The van der Waals surface area contributed by atoms with Crippen molar-refractivity contribution in [2.45, 2.75) is 0 Å². The molecule has 1 aliphatic heterocycles. The number of carbonyl (C=O) groups excluding carboxylic acids is 2. The molecule has 2 amide bonds. The molecule has 1 N–H and O–H groups in total. The van der Waals surface area contributed by atoms with Gasteiger partial charge in [0.2, 0.25) is 0 Å². The van der Waals surface area contributed by atoms with E-state index < -0.39 is 11.8 Å². The fourth-order valence-corrected chi connectivity index (χ4v) is 2.57. The Kier molecular flexibility index (Phi) is 4.27. The molecule has 0 unspecified atom stereocenters. The van der Waals surface area contributed by atoms with Crippen molar-refractivity contribution in [3.8, 4) is 0 Å². The number of carbonyl (C=O) groups is 2. The minimum absolute atomic E-state index is 0.0904. The highest BCUT2D eigenvalue weighted by atomic mass is 35.5. The van der Waals surface area contributed by atoms with E-state index in [1.165, 1.54) is 5.01 Å². The van der Waals surface area contributed by atoms with Gasteiger partial charge in [-0.15, -0.1) is 0 Å². The lowest BCUT2D eigenvalue weighted by Gasteiger charge is -2.14. The number of hydrazine groups is 1. The fourth-order valence-electron chi connectivity index (χ4n) is 2.39. The van der Waals surface area contributed by atoms with Crippen molar-refractivity contribution in [2.75, 3.05) is 24.0 Å². The smallest absolute Gasteiger partial charge is 0.282 e. The molecule has 0 aliphatic carbocycles. The first-order valence-corrected chi connectivity index (χ1v) is 7.73. The standard InChI is InChI=1S/C18H16ClN3O2/c1-21(2)14-8-6-12(7-9-14)10-16-17(23)20-22(18(16)24)15-5-3-4-13(19)11-15/h3-11H,1-2H3,(H,20,23). The molecule has 3 rings (SSSR count). The zero-order valence-electron chi connectivity index (χ0n) is 13.3. The van der Waals surface area contributed by atoms with E-state index in [1.54, 1.807) is 30.3 Å². The number of nitrogens with zero attached hydrogens (tertiary/aromatic N) is 2. The number of benzene rings is 2. The van der Waals surface area contributed by atoms with Crippen LogP contribution in [0.25, 0.3) is 6.08 Å². The van der Waals surface area contributed by atoms with Crippen LogP contribution in [0.15, 0.2) is 54.1 Å². The third kappa shape index (κ3) is 3.12. The summed E-state index contributed by atoms with van der Waals surface area (Å²) in [7, 11) is 3.90. The van der Waals surface area contributed by atoms with Gasteiger partial charge in [-0.05, 0) is 42.0 Å². The van der Waals surface area contributed by atoms with Gasteiger partial charge in [-0.2, -0.15) is 0 Å². The van der Waals surface area contributed by atoms with Gasteiger partial charge in [-0.3, -0.25) is 15.0 Å². The summed E-state index contributed by atoms with van der Waals surface area (Å²) in [6, 6.07) is 14.3. The summed E-state index contributed by atoms with van der Waals surface area (Å²) in [5.41, 5.74) is 4.99. The Labute approximate surface area is 145 Å². The van der Waals surface area contributed by atoms with E-state index in [1.807, 2.05) is 43.3 Å². The van der Waals surface area contributed by atoms with Crippen LogP contribution in [-0.4, -0.2) is 25.9 Å². The van der Waals surface area contributed by atoms with E-state index >= 15 is 0 Å². The highest BCUT2D eigenvalue weighted by Gasteiger charge is 2.34. The van der Waals surface area contributed by atoms with Gasteiger partial charge in [-0.25, -0.2) is 5.01 Å². The van der Waals surface area contributed by atoms with Gasteiger partial charge in [0.25, 0.3) is 11.8 Å². The molecule has 0 radical (unpaired) electrons. The van der Waals surface area contributed by atoms with Crippen LogP contribution in [0.5, 0.6) is 0 Å². The molecule has 24 heavy (non-hydrogen) atoms. The van der Waals surface area contributed by atoms with E-state index in [-0.39, 0.29) is 5.57 Å². The predicted octanol–water partition coefficient (Wildman–Crippen LogP) is 2.87. The number of anilines is 2. The first kappa shape index (κ1) is 16.1. The van der Waals surface area contributed by atoms with E-state index in [9.17, 15) is 9.59 Å². The van der Waals surface area contributed by atoms with Gasteiger partial charge in [-0.1, -0.05) is 29.8 Å². The Morgan fingerprint density at radius 2 is 1.79 bits per heavy atom. The van der Waals surface area contributed by atoms with Crippen molar-refractivity contribution in [1.82, 2.24) is 5.43 Å². The molecule has 1 saturated heterocycles. The molecule has 0 aromatic heterocycles. The molecule has 2 aromatic rings. The SMILES string of the molecule is CN(C)c1ccc(C=C2C(=O)NN(c3cccc(Cl)c3)C2=O)cc1. The lowest BCUT2D eigenvalue weighted by molar-refractivity contribution is -0.117. The minimum Gasteiger partial charge on any atom is -0.378 e. The molecule has 0 saturated carbocycles. The highest BCUT2D eigenvalue weighted by molar-refractivity contribution is 6.33. The predicted molar refractivity (Wildman–Crippen MR) is 95.8 cm³/mol. The van der Waals surface area contributed by atoms with Crippen LogP contribution in [0, 0.1) is 0 Å². The zero-order valence-corrected chi connectivity index (χ0v) is 14.0. The summed E-state index contributed by atoms with van der Waals surface area (Å²) in [5.74, 6) is -0.837. The molecule has 0 bridgehead atoms. The second-order valence-corrected chi connectivity index (χ2v) is 6.04. The molecule has 5 nitrogen and oxygen atoms in total. The fraction of sp³-hybridized carbons (Fsp3) is 0.111. The van der Waals surface area contributed by atoms with Crippen LogP contribution in [-0.2, 0) is 9.59 Å². The molecule has 0 spiro atoms. The van der Waals surface area contributed by atoms with E-state index in [4.69, 9.17) is 11.6 Å². The second kappa shape index (κ2) is 6.37. The molecule has 1 aliphatic rings. The lowest BCUT2D eigenvalue weighted by Crippen LogP contribution is -2.35. The van der Waals surface area contributed by atoms with Crippen LogP contribution < -0.4 is 15.3 Å². The van der Waals surface area contributed by atoms with Crippen molar-refractivity contribution in [1.29, 1.82) is 0 Å². The van der Waals surface area contributed by atoms with Crippen molar-refractivity contribution < 1.29 is 9.59 Å². The first-order valence-electron chi connectivity index (χ1n) is 7.36. The summed E-state index contributed by atoms with van der Waals surface area (Å²) in [5, 5.41) is 1.69. The van der Waals surface area contributed by atoms with Crippen LogP contribution in [0.4, 0.5) is 11.4 Å². The first-order chi connectivity index (χ1) is 11.5. The summed E-state index contributed by atoms with van der Waals surface area (Å²) < 4.78 is 0. The van der Waals surface area contributed by atoms with Gasteiger partial charge in [0.15, 0.2) is 0 Å². The molecule has 2 aromatic carbocycles. The Balaban J connectivity index is 1.88. The molecular weight excluding hydrogens is 326 g/mol. The Hall–Kier alpha value is -2.79. The molecular formula is C18H16ClN3O2. The maximum absolute atomic E-state index is 12.5. The van der Waals surface area contributed by atoms with Crippen molar-refractivity contribution in [2.24, 2.45) is 0 Å². The van der Waals surface area contributed by atoms with Gasteiger partial charge in [0.1, 0.15) is 5.57 Å². The number of rotatable bonds is 3. The quantitative estimate of drug-likeness (QED) is 0.690. The monoisotopic (exact) mass is 341 g/mol. The maximum Gasteiger partial charge on any atom is 0.282 e. The van der Waals surface area contributed by atoms with Gasteiger partial charge in [0.05, 0.1) is 5.69 Å². The molecule has 0 atom stereocenters. The number of amides is 2. The Morgan fingerprint density at radius 3 is 2.42 bits per heavy atom. The van der Waals surface area contributed by atoms with Crippen LogP contribution in [0.3, 0.4) is 0 Å². The maximum atomic E-state index is 12.5. The zero-order chi connectivity index (χ0) is 17.3. The summed E-state index contributed by atoms with van der Waals surface area (Å²) in [4.78, 5) is 26.7. The van der Waals surface area contributed by atoms with Gasteiger partial charge >= 0.3 is 0 Å². The average Bonchev–Trinajstić information content (AvgIpc) is 2.83. The van der Waals surface area contributed by atoms with Crippen LogP contribution >= 0.6 is 11.6 Å². The number of halogens is 1. The second-order valence-electron chi connectivity index (χ2n) is 5.61. The van der Waals surface area contributed by atoms with Gasteiger partial charge in [0, 0.05) is 24.8 Å². The number of hydrogen-bond donors (Lipinski definition) is 1. The van der Waals surface area contributed by atoms with Crippen molar-refractivity contribution in [3.63, 3.8) is 0 Å².